The van der Waals surface area contributed by atoms with Crippen LogP contribution in [0.15, 0.2) is 67.0 Å². The molecule has 1 fully saturated rings. The van der Waals surface area contributed by atoms with Gasteiger partial charge in [0.1, 0.15) is 5.82 Å². The fourth-order valence-corrected chi connectivity index (χ4v) is 4.60. The van der Waals surface area contributed by atoms with E-state index in [1.807, 2.05) is 42.5 Å². The third-order valence-electron chi connectivity index (χ3n) is 6.56. The number of carbonyl (C=O) groups excluding carboxylic acids is 1. The van der Waals surface area contributed by atoms with Gasteiger partial charge >= 0.3 is 0 Å². The van der Waals surface area contributed by atoms with Crippen LogP contribution in [-0.4, -0.2) is 61.3 Å². The molecule has 0 aliphatic carbocycles. The number of fused-ring (bicyclic) bond motifs is 1. The standard InChI is InChI=1S/C29H30N6O3/c1-20-18-26(34-14-16-35(17-15-34)29-30-12-5-13-31-29)33-24-10-9-22(19-23(20)24)32-27(36)11-8-21-6-4-7-25(37-2)28(21)38-3/h4-13,18-19H,14-17H2,1-3H3,(H,32,36). The summed E-state index contributed by atoms with van der Waals surface area (Å²) < 4.78 is 10.8. The Kier molecular flexibility index (Phi) is 7.35. The summed E-state index contributed by atoms with van der Waals surface area (Å²) in [5.41, 5.74) is 3.46. The van der Waals surface area contributed by atoms with Gasteiger partial charge in [0, 0.05) is 61.3 Å². The van der Waals surface area contributed by atoms with Crippen molar-refractivity contribution < 1.29 is 14.3 Å². The molecule has 1 amide bonds. The largest absolute Gasteiger partial charge is 0.493 e. The summed E-state index contributed by atoms with van der Waals surface area (Å²) in [5, 5.41) is 3.94. The maximum Gasteiger partial charge on any atom is 0.248 e. The topological polar surface area (TPSA) is 92.7 Å². The van der Waals surface area contributed by atoms with Crippen molar-refractivity contribution in [1.82, 2.24) is 15.0 Å². The number of hydrogen-bond donors (Lipinski definition) is 1. The number of carbonyl (C=O) groups is 1. The van der Waals surface area contributed by atoms with Gasteiger partial charge in [0.2, 0.25) is 11.9 Å². The molecule has 194 valence electrons. The molecule has 0 bridgehead atoms. The molecule has 9 heteroatoms. The van der Waals surface area contributed by atoms with E-state index in [1.54, 1.807) is 32.7 Å². The lowest BCUT2D eigenvalue weighted by Crippen LogP contribution is -2.47. The Morgan fingerprint density at radius 1 is 0.947 bits per heavy atom. The van der Waals surface area contributed by atoms with Crippen LogP contribution >= 0.6 is 0 Å². The molecule has 1 N–H and O–H groups in total. The molecule has 0 unspecified atom stereocenters. The van der Waals surface area contributed by atoms with E-state index in [1.165, 1.54) is 6.08 Å². The van der Waals surface area contributed by atoms with Crippen LogP contribution in [0.5, 0.6) is 11.5 Å². The van der Waals surface area contributed by atoms with Gasteiger partial charge in [0.05, 0.1) is 19.7 Å². The summed E-state index contributed by atoms with van der Waals surface area (Å²) in [6.07, 6.45) is 6.73. The van der Waals surface area contributed by atoms with Crippen molar-refractivity contribution >= 4 is 40.3 Å². The quantitative estimate of drug-likeness (QED) is 0.368. The fraction of sp³-hybridized carbons (Fsp3) is 0.241. The van der Waals surface area contributed by atoms with Crippen LogP contribution in [-0.2, 0) is 4.79 Å². The average molecular weight is 511 g/mol. The third kappa shape index (κ3) is 5.36. The van der Waals surface area contributed by atoms with Crippen LogP contribution in [0.4, 0.5) is 17.5 Å². The molecule has 5 rings (SSSR count). The van der Waals surface area contributed by atoms with E-state index >= 15 is 0 Å². The Morgan fingerprint density at radius 2 is 1.71 bits per heavy atom. The number of benzene rings is 2. The Balaban J connectivity index is 1.27. The first-order valence-corrected chi connectivity index (χ1v) is 12.4. The molecule has 0 spiro atoms. The minimum atomic E-state index is -0.239. The second-order valence-corrected chi connectivity index (χ2v) is 8.96. The van der Waals surface area contributed by atoms with Gasteiger partial charge in [0.25, 0.3) is 0 Å². The molecule has 1 aliphatic heterocycles. The maximum atomic E-state index is 12.6. The lowest BCUT2D eigenvalue weighted by molar-refractivity contribution is -0.111. The van der Waals surface area contributed by atoms with Gasteiger partial charge in [-0.3, -0.25) is 4.79 Å². The van der Waals surface area contributed by atoms with Gasteiger partial charge in [0.15, 0.2) is 11.5 Å². The molecule has 9 nitrogen and oxygen atoms in total. The number of rotatable bonds is 7. The zero-order chi connectivity index (χ0) is 26.5. The minimum absolute atomic E-state index is 0.239. The molecule has 0 radical (unpaired) electrons. The SMILES string of the molecule is COc1cccc(C=CC(=O)Nc2ccc3nc(N4CCN(c5ncccn5)CC4)cc(C)c3c2)c1OC. The number of aryl methyl sites for hydroxylation is 1. The Morgan fingerprint density at radius 3 is 2.45 bits per heavy atom. The normalized spacial score (nSPS) is 13.7. The van der Waals surface area contributed by atoms with Crippen molar-refractivity contribution in [1.29, 1.82) is 0 Å². The number of nitrogens with zero attached hydrogens (tertiary/aromatic N) is 5. The summed E-state index contributed by atoms with van der Waals surface area (Å²) >= 11 is 0. The average Bonchev–Trinajstić information content (AvgIpc) is 2.96. The number of amides is 1. The number of para-hydroxylation sites is 1. The van der Waals surface area contributed by atoms with Crippen LogP contribution in [0.3, 0.4) is 0 Å². The van der Waals surface area contributed by atoms with Gasteiger partial charge in [-0.25, -0.2) is 15.0 Å². The third-order valence-corrected chi connectivity index (χ3v) is 6.56. The first-order valence-electron chi connectivity index (χ1n) is 12.4. The Bertz CT molecular complexity index is 1470. The van der Waals surface area contributed by atoms with E-state index in [0.29, 0.717) is 17.2 Å². The highest BCUT2D eigenvalue weighted by Crippen LogP contribution is 2.31. The number of anilines is 3. The highest BCUT2D eigenvalue weighted by atomic mass is 16.5. The van der Waals surface area contributed by atoms with Crippen LogP contribution in [0.1, 0.15) is 11.1 Å². The summed E-state index contributed by atoms with van der Waals surface area (Å²) in [6.45, 7) is 5.43. The van der Waals surface area contributed by atoms with Gasteiger partial charge in [-0.2, -0.15) is 0 Å². The molecule has 4 aromatic rings. The van der Waals surface area contributed by atoms with Crippen molar-refractivity contribution in [3.8, 4) is 11.5 Å². The van der Waals surface area contributed by atoms with Crippen molar-refractivity contribution in [3.05, 3.63) is 78.1 Å². The molecular weight excluding hydrogens is 480 g/mol. The highest BCUT2D eigenvalue weighted by molar-refractivity contribution is 6.03. The number of pyridine rings is 1. The minimum Gasteiger partial charge on any atom is -0.493 e. The van der Waals surface area contributed by atoms with Gasteiger partial charge < -0.3 is 24.6 Å². The molecule has 3 heterocycles. The first-order chi connectivity index (χ1) is 18.6. The summed E-state index contributed by atoms with van der Waals surface area (Å²) in [7, 11) is 3.16. The van der Waals surface area contributed by atoms with Crippen molar-refractivity contribution in [2.45, 2.75) is 6.92 Å². The summed E-state index contributed by atoms with van der Waals surface area (Å²) in [6, 6.07) is 15.3. The number of nitrogens with one attached hydrogen (secondary N) is 1. The Hall–Kier alpha value is -4.66. The van der Waals surface area contributed by atoms with E-state index in [-0.39, 0.29) is 5.91 Å². The number of hydrogen-bond acceptors (Lipinski definition) is 8. The van der Waals surface area contributed by atoms with E-state index in [2.05, 4.69) is 38.1 Å². The van der Waals surface area contributed by atoms with Gasteiger partial charge in [-0.15, -0.1) is 0 Å². The fourth-order valence-electron chi connectivity index (χ4n) is 4.60. The monoisotopic (exact) mass is 510 g/mol. The molecule has 38 heavy (non-hydrogen) atoms. The zero-order valence-electron chi connectivity index (χ0n) is 21.7. The van der Waals surface area contributed by atoms with Crippen LogP contribution in [0.2, 0.25) is 0 Å². The highest BCUT2D eigenvalue weighted by Gasteiger charge is 2.20. The number of aromatic nitrogens is 3. The second kappa shape index (κ2) is 11.2. The van der Waals surface area contributed by atoms with E-state index in [0.717, 1.165) is 60.0 Å². The summed E-state index contributed by atoms with van der Waals surface area (Å²) in [5.74, 6) is 2.67. The van der Waals surface area contributed by atoms with E-state index in [4.69, 9.17) is 14.5 Å². The first kappa shape index (κ1) is 25.0. The molecule has 1 saturated heterocycles. The molecule has 2 aromatic heterocycles. The van der Waals surface area contributed by atoms with Gasteiger partial charge in [-0.05, 0) is 55.0 Å². The van der Waals surface area contributed by atoms with Crippen LogP contribution in [0, 0.1) is 6.92 Å². The number of methoxy groups -OCH3 is 2. The molecule has 0 saturated carbocycles. The predicted molar refractivity (Wildman–Crippen MR) is 150 cm³/mol. The van der Waals surface area contributed by atoms with Crippen LogP contribution < -0.4 is 24.6 Å². The van der Waals surface area contributed by atoms with E-state index in [9.17, 15) is 4.79 Å². The molecular formula is C29H30N6O3. The maximum absolute atomic E-state index is 12.6. The second-order valence-electron chi connectivity index (χ2n) is 8.96. The van der Waals surface area contributed by atoms with Crippen molar-refractivity contribution in [2.75, 3.05) is 55.5 Å². The van der Waals surface area contributed by atoms with Crippen molar-refractivity contribution in [3.63, 3.8) is 0 Å². The number of piperazine rings is 1. The zero-order valence-corrected chi connectivity index (χ0v) is 21.7. The predicted octanol–water partition coefficient (Wildman–Crippen LogP) is 4.33. The smallest absolute Gasteiger partial charge is 0.248 e. The Labute approximate surface area is 221 Å². The molecule has 0 atom stereocenters. The summed E-state index contributed by atoms with van der Waals surface area (Å²) in [4.78, 5) is 30.8. The van der Waals surface area contributed by atoms with Gasteiger partial charge in [-0.1, -0.05) is 12.1 Å². The number of ether oxygens (including phenoxy) is 2. The lowest BCUT2D eigenvalue weighted by Gasteiger charge is -2.35. The molecule has 2 aromatic carbocycles. The lowest BCUT2D eigenvalue weighted by atomic mass is 10.1. The van der Waals surface area contributed by atoms with Crippen molar-refractivity contribution in [2.24, 2.45) is 0 Å². The van der Waals surface area contributed by atoms with E-state index < -0.39 is 0 Å². The molecule has 1 aliphatic rings. The van der Waals surface area contributed by atoms with Crippen LogP contribution in [0.25, 0.3) is 17.0 Å².